The maximum Gasteiger partial charge on any atom is 0.263 e. The van der Waals surface area contributed by atoms with Crippen molar-refractivity contribution in [3.63, 3.8) is 0 Å². The van der Waals surface area contributed by atoms with Crippen molar-refractivity contribution in [2.24, 2.45) is 10.7 Å². The van der Waals surface area contributed by atoms with Crippen LogP contribution in [0, 0.1) is 0 Å². The second-order valence-electron chi connectivity index (χ2n) is 6.55. The van der Waals surface area contributed by atoms with Gasteiger partial charge in [0.2, 0.25) is 5.91 Å². The van der Waals surface area contributed by atoms with Crippen LogP contribution in [-0.4, -0.2) is 32.6 Å². The Hall–Kier alpha value is -3.70. The number of carbonyl (C=O) groups excluding carboxylic acids is 1. The lowest BCUT2D eigenvalue weighted by atomic mass is 10.1. The van der Waals surface area contributed by atoms with Gasteiger partial charge < -0.3 is 15.8 Å². The number of nitrogens with two attached hydrogens (primary N) is 1. The van der Waals surface area contributed by atoms with E-state index in [4.69, 9.17) is 10.5 Å². The van der Waals surface area contributed by atoms with Crippen LogP contribution < -0.4 is 20.5 Å². The molecular weight excluding hydrogens is 450 g/mol. The van der Waals surface area contributed by atoms with E-state index < -0.39 is 10.0 Å². The van der Waals surface area contributed by atoms with Crippen molar-refractivity contribution in [3.8, 4) is 5.75 Å². The minimum absolute atomic E-state index is 0.0412. The van der Waals surface area contributed by atoms with E-state index in [2.05, 4.69) is 26.6 Å². The Labute approximate surface area is 189 Å². The number of methoxy groups -OCH3 is 1. The van der Waals surface area contributed by atoms with Crippen molar-refractivity contribution < 1.29 is 17.9 Å². The zero-order chi connectivity index (χ0) is 23.3. The van der Waals surface area contributed by atoms with E-state index in [0.29, 0.717) is 16.5 Å². The van der Waals surface area contributed by atoms with Gasteiger partial charge in [-0.2, -0.15) is 0 Å². The first-order valence-corrected chi connectivity index (χ1v) is 11.5. The molecule has 4 N–H and O–H groups in total. The predicted octanol–water partition coefficient (Wildman–Crippen LogP) is 3.08. The number of aliphatic imine (C=N–C) groups is 1. The van der Waals surface area contributed by atoms with Gasteiger partial charge >= 0.3 is 0 Å². The van der Waals surface area contributed by atoms with Crippen LogP contribution in [0.3, 0.4) is 0 Å². The van der Waals surface area contributed by atoms with Crippen molar-refractivity contribution in [2.45, 2.75) is 11.8 Å². The van der Waals surface area contributed by atoms with E-state index in [0.717, 1.165) is 15.8 Å². The van der Waals surface area contributed by atoms with Crippen LogP contribution in [-0.2, 0) is 14.8 Å². The highest BCUT2D eigenvalue weighted by Crippen LogP contribution is 2.28. The first kappa shape index (κ1) is 23.0. The summed E-state index contributed by atoms with van der Waals surface area (Å²) < 4.78 is 32.9. The Bertz CT molecular complexity index is 1330. The van der Waals surface area contributed by atoms with E-state index in [1.54, 1.807) is 0 Å². The Morgan fingerprint density at radius 3 is 2.62 bits per heavy atom. The number of ether oxygens (including phenoxy) is 1. The maximum atomic E-state index is 12.4. The number of carbonyl (C=O) groups is 1. The molecule has 0 spiro atoms. The normalized spacial score (nSPS) is 12.1. The zero-order valence-electron chi connectivity index (χ0n) is 17.3. The number of rotatable bonds is 8. The van der Waals surface area contributed by atoms with Gasteiger partial charge in [-0.15, -0.1) is 0 Å². The largest absolute Gasteiger partial charge is 0.497 e. The highest BCUT2D eigenvalue weighted by molar-refractivity contribution is 7.89. The van der Waals surface area contributed by atoms with Crippen molar-refractivity contribution in [3.05, 3.63) is 66.6 Å². The van der Waals surface area contributed by atoms with Crippen LogP contribution in [0.4, 0.5) is 5.13 Å². The molecule has 1 aromatic heterocycles. The summed E-state index contributed by atoms with van der Waals surface area (Å²) in [5, 5.41) is 3.18. The van der Waals surface area contributed by atoms with E-state index in [1.807, 2.05) is 18.2 Å². The highest BCUT2D eigenvalue weighted by atomic mass is 32.2. The predicted molar refractivity (Wildman–Crippen MR) is 127 cm³/mol. The molecule has 0 aliphatic heterocycles. The fourth-order valence-corrected chi connectivity index (χ4v) is 4.53. The molecule has 0 atom stereocenters. The minimum atomic E-state index is -3.85. The summed E-state index contributed by atoms with van der Waals surface area (Å²) in [7, 11) is -2.36. The van der Waals surface area contributed by atoms with Gasteiger partial charge in [0.15, 0.2) is 5.13 Å². The van der Waals surface area contributed by atoms with Crippen LogP contribution in [0.5, 0.6) is 5.75 Å². The number of allylic oxidation sites excluding steroid dienone is 1. The molecule has 0 aliphatic rings. The Morgan fingerprint density at radius 1 is 1.25 bits per heavy atom. The Morgan fingerprint density at radius 2 is 1.97 bits per heavy atom. The quantitative estimate of drug-likeness (QED) is 0.432. The topological polar surface area (TPSA) is 136 Å². The Balaban J connectivity index is 1.68. The second-order valence-corrected chi connectivity index (χ2v) is 9.26. The highest BCUT2D eigenvalue weighted by Gasteiger charge is 2.14. The molecule has 0 saturated carbocycles. The van der Waals surface area contributed by atoms with Crippen molar-refractivity contribution in [1.82, 2.24) is 9.71 Å². The van der Waals surface area contributed by atoms with Gasteiger partial charge in [-0.05, 0) is 47.5 Å². The lowest BCUT2D eigenvalue weighted by molar-refractivity contribution is -0.114. The molecule has 1 amide bonds. The number of benzene rings is 2. The van der Waals surface area contributed by atoms with E-state index in [1.165, 1.54) is 62.1 Å². The van der Waals surface area contributed by atoms with Crippen LogP contribution in [0.2, 0.25) is 0 Å². The number of hydrogen-bond acceptors (Lipinski definition) is 8. The molecular formula is C21H21N5O4S2. The summed E-state index contributed by atoms with van der Waals surface area (Å²) in [5.74, 6) is 0.203. The van der Waals surface area contributed by atoms with Gasteiger partial charge in [0.1, 0.15) is 11.6 Å². The second kappa shape index (κ2) is 9.62. The first-order valence-electron chi connectivity index (χ1n) is 9.21. The summed E-state index contributed by atoms with van der Waals surface area (Å²) >= 11 is 1.35. The van der Waals surface area contributed by atoms with Crippen LogP contribution in [0.25, 0.3) is 15.8 Å². The molecule has 3 rings (SSSR count). The molecule has 0 unspecified atom stereocenters. The molecule has 0 radical (unpaired) electrons. The number of amides is 1. The third-order valence-electron chi connectivity index (χ3n) is 4.11. The van der Waals surface area contributed by atoms with Gasteiger partial charge in [0.05, 0.1) is 28.4 Å². The van der Waals surface area contributed by atoms with E-state index in [-0.39, 0.29) is 16.6 Å². The van der Waals surface area contributed by atoms with Gasteiger partial charge in [-0.25, -0.2) is 13.4 Å². The molecule has 2 aromatic carbocycles. The van der Waals surface area contributed by atoms with Crippen molar-refractivity contribution in [1.29, 1.82) is 0 Å². The molecule has 0 bridgehead atoms. The third kappa shape index (κ3) is 5.71. The third-order valence-corrected chi connectivity index (χ3v) is 6.44. The monoisotopic (exact) mass is 471 g/mol. The fraction of sp³-hybridized carbons (Fsp3) is 0.0952. The Kier molecular flexibility index (Phi) is 6.91. The molecule has 11 heteroatoms. The standard InChI is InChI=1S/C21H21N5O4S2/c1-13(15-4-9-18-19(10-15)31-21(25-18)24-14(2)27)11-23-12-20(22)26-32(28,29)17-7-5-16(30-3)6-8-17/h4-12,26H,1,22H2,2-3H3,(H,24,25,27)/b20-12+,23-11-. The lowest BCUT2D eigenvalue weighted by Crippen LogP contribution is -2.27. The van der Waals surface area contributed by atoms with Crippen LogP contribution >= 0.6 is 11.3 Å². The summed E-state index contributed by atoms with van der Waals surface area (Å²) in [4.78, 5) is 19.6. The van der Waals surface area contributed by atoms with Gasteiger partial charge in [-0.3, -0.25) is 14.5 Å². The van der Waals surface area contributed by atoms with Crippen LogP contribution in [0.1, 0.15) is 12.5 Å². The molecule has 9 nitrogen and oxygen atoms in total. The SMILES string of the molecule is C=C(/C=N\C=C(/N)NS(=O)(=O)c1ccc(OC)cc1)c1ccc2nc(NC(C)=O)sc2c1. The zero-order valence-corrected chi connectivity index (χ0v) is 19.0. The van der Waals surface area contributed by atoms with E-state index >= 15 is 0 Å². The number of nitrogens with zero attached hydrogens (tertiary/aromatic N) is 2. The van der Waals surface area contributed by atoms with E-state index in [9.17, 15) is 13.2 Å². The number of thiazole rings is 1. The fourth-order valence-electron chi connectivity index (χ4n) is 2.61. The molecule has 166 valence electrons. The number of anilines is 1. The number of sulfonamides is 1. The lowest BCUT2D eigenvalue weighted by Gasteiger charge is -2.08. The molecule has 0 saturated heterocycles. The number of hydrogen-bond donors (Lipinski definition) is 3. The summed E-state index contributed by atoms with van der Waals surface area (Å²) in [6.07, 6.45) is 2.65. The smallest absolute Gasteiger partial charge is 0.263 e. The summed E-state index contributed by atoms with van der Waals surface area (Å²) in [6.45, 7) is 5.39. The summed E-state index contributed by atoms with van der Waals surface area (Å²) in [6, 6.07) is 11.4. The first-order chi connectivity index (χ1) is 15.2. The number of fused-ring (bicyclic) bond motifs is 1. The summed E-state index contributed by atoms with van der Waals surface area (Å²) in [5.41, 5.74) is 7.89. The molecule has 0 fully saturated rings. The van der Waals surface area contributed by atoms with Crippen molar-refractivity contribution in [2.75, 3.05) is 12.4 Å². The minimum Gasteiger partial charge on any atom is -0.497 e. The van der Waals surface area contributed by atoms with Gasteiger partial charge in [0, 0.05) is 13.1 Å². The molecule has 0 aliphatic carbocycles. The maximum absolute atomic E-state index is 12.4. The molecule has 3 aromatic rings. The molecule has 32 heavy (non-hydrogen) atoms. The van der Waals surface area contributed by atoms with Crippen molar-refractivity contribution >= 4 is 54.4 Å². The van der Waals surface area contributed by atoms with Crippen LogP contribution in [0.15, 0.2) is 71.0 Å². The number of nitrogens with one attached hydrogen (secondary N) is 2. The average Bonchev–Trinajstić information content (AvgIpc) is 3.14. The van der Waals surface area contributed by atoms with Gasteiger partial charge in [-0.1, -0.05) is 24.0 Å². The average molecular weight is 472 g/mol. The number of aromatic nitrogens is 1. The molecule has 1 heterocycles. The van der Waals surface area contributed by atoms with Gasteiger partial charge in [0.25, 0.3) is 10.0 Å².